The van der Waals surface area contributed by atoms with E-state index in [1.807, 2.05) is 7.05 Å². The number of rotatable bonds is 5. The predicted octanol–water partition coefficient (Wildman–Crippen LogP) is 0.847. The van der Waals surface area contributed by atoms with E-state index in [9.17, 15) is 0 Å². The van der Waals surface area contributed by atoms with Crippen molar-refractivity contribution in [2.24, 2.45) is 0 Å². The molecule has 3 nitrogen and oxygen atoms in total. The van der Waals surface area contributed by atoms with Gasteiger partial charge in [0.1, 0.15) is 0 Å². The van der Waals surface area contributed by atoms with Gasteiger partial charge in [-0.3, -0.25) is 4.98 Å². The quantitative estimate of drug-likeness (QED) is 0.609. The zero-order valence-corrected chi connectivity index (χ0v) is 8.23. The maximum Gasteiger partial charge on any atom is 0.424 e. The molecule has 0 rings (SSSR count). The fraction of sp³-hybridized carbons (Fsp3) is 1.00. The average molecular weight is 163 g/mol. The first-order valence-corrected chi connectivity index (χ1v) is 5.56. The number of hydrogen-bond donors (Lipinski definition) is 1. The first kappa shape index (κ1) is 10.1. The maximum absolute atomic E-state index is 5.28. The van der Waals surface area contributed by atoms with Gasteiger partial charge in [0.25, 0.3) is 0 Å². The molecule has 0 aromatic rings. The lowest BCUT2D eigenvalue weighted by atomic mass is 10.6. The molecular weight excluding hydrogens is 146 g/mol. The predicted molar refractivity (Wildman–Crippen MR) is 43.9 cm³/mol. The third kappa shape index (κ3) is 2.38. The molecule has 0 aromatic carbocycles. The molecule has 0 heterocycles. The molecule has 4 heteroatoms. The fourth-order valence-corrected chi connectivity index (χ4v) is 2.84. The average Bonchev–Trinajstić information content (AvgIpc) is 2.01. The molecule has 0 fully saturated rings. The van der Waals surface area contributed by atoms with Crippen LogP contribution in [0.4, 0.5) is 0 Å². The van der Waals surface area contributed by atoms with Gasteiger partial charge in [0, 0.05) is 20.3 Å². The Bertz CT molecular complexity index is 77.6. The Hall–Kier alpha value is 0.0969. The van der Waals surface area contributed by atoms with Crippen LogP contribution in [-0.2, 0) is 8.85 Å². The summed E-state index contributed by atoms with van der Waals surface area (Å²) in [5.74, 6) is 0. The van der Waals surface area contributed by atoms with E-state index in [0.717, 1.165) is 12.5 Å². The van der Waals surface area contributed by atoms with Gasteiger partial charge >= 0.3 is 8.72 Å². The third-order valence-electron chi connectivity index (χ3n) is 1.62. The van der Waals surface area contributed by atoms with E-state index in [-0.39, 0.29) is 0 Å². The van der Waals surface area contributed by atoms with Gasteiger partial charge in [0.15, 0.2) is 0 Å². The molecule has 0 atom stereocenters. The monoisotopic (exact) mass is 163 g/mol. The van der Waals surface area contributed by atoms with E-state index in [4.69, 9.17) is 8.85 Å². The van der Waals surface area contributed by atoms with Crippen molar-refractivity contribution in [1.29, 1.82) is 0 Å². The molecule has 0 saturated carbocycles. The smallest absolute Gasteiger partial charge is 0.386 e. The van der Waals surface area contributed by atoms with Crippen molar-refractivity contribution in [2.75, 3.05) is 21.3 Å². The molecule has 0 bridgehead atoms. The van der Waals surface area contributed by atoms with Crippen LogP contribution in [-0.4, -0.2) is 30.0 Å². The molecule has 10 heavy (non-hydrogen) atoms. The lowest BCUT2D eigenvalue weighted by molar-refractivity contribution is 0.231. The van der Waals surface area contributed by atoms with Crippen LogP contribution in [0.25, 0.3) is 0 Å². The van der Waals surface area contributed by atoms with Crippen molar-refractivity contribution in [1.82, 2.24) is 4.98 Å². The zero-order chi connectivity index (χ0) is 8.04. The second kappa shape index (κ2) is 4.84. The topological polar surface area (TPSA) is 30.5 Å². The summed E-state index contributed by atoms with van der Waals surface area (Å²) in [5.41, 5.74) is 0. The Kier molecular flexibility index (Phi) is 4.89. The Morgan fingerprint density at radius 1 is 1.30 bits per heavy atom. The molecule has 62 valence electrons. The maximum atomic E-state index is 5.28. The van der Waals surface area contributed by atoms with Crippen molar-refractivity contribution in [3.05, 3.63) is 0 Å². The van der Waals surface area contributed by atoms with Gasteiger partial charge in [-0.05, 0) is 7.05 Å². The molecular formula is C6H17NO2Si. The standard InChI is InChI=1S/C6H17NO2Si/c1-5-6-10(7-2,8-3)9-4/h7H,5-6H2,1-4H3. The Labute approximate surface area is 64.0 Å². The zero-order valence-electron chi connectivity index (χ0n) is 7.23. The van der Waals surface area contributed by atoms with Crippen molar-refractivity contribution in [3.8, 4) is 0 Å². The van der Waals surface area contributed by atoms with E-state index >= 15 is 0 Å². The Morgan fingerprint density at radius 3 is 1.90 bits per heavy atom. The van der Waals surface area contributed by atoms with Crippen molar-refractivity contribution in [2.45, 2.75) is 19.4 Å². The highest BCUT2D eigenvalue weighted by molar-refractivity contribution is 6.64. The molecule has 0 spiro atoms. The lowest BCUT2D eigenvalue weighted by Crippen LogP contribution is -2.52. The van der Waals surface area contributed by atoms with Crippen LogP contribution in [0.2, 0.25) is 6.04 Å². The second-order valence-electron chi connectivity index (χ2n) is 2.16. The molecule has 0 aliphatic carbocycles. The van der Waals surface area contributed by atoms with Crippen LogP contribution in [0.1, 0.15) is 13.3 Å². The molecule has 0 amide bonds. The van der Waals surface area contributed by atoms with Crippen LogP contribution < -0.4 is 4.98 Å². The Morgan fingerprint density at radius 2 is 1.80 bits per heavy atom. The van der Waals surface area contributed by atoms with Crippen LogP contribution in [0, 0.1) is 0 Å². The molecule has 0 aliphatic rings. The summed E-state index contributed by atoms with van der Waals surface area (Å²) < 4.78 is 10.6. The van der Waals surface area contributed by atoms with Crippen molar-refractivity contribution >= 4 is 8.72 Å². The minimum Gasteiger partial charge on any atom is -0.386 e. The summed E-state index contributed by atoms with van der Waals surface area (Å²) in [7, 11) is 3.31. The highest BCUT2D eigenvalue weighted by atomic mass is 28.4. The first-order valence-electron chi connectivity index (χ1n) is 3.54. The van der Waals surface area contributed by atoms with Crippen LogP contribution >= 0.6 is 0 Å². The van der Waals surface area contributed by atoms with E-state index in [1.54, 1.807) is 14.2 Å². The lowest BCUT2D eigenvalue weighted by Gasteiger charge is -2.25. The summed E-state index contributed by atoms with van der Waals surface area (Å²) in [6.07, 6.45) is 1.09. The minimum absolute atomic E-state index is 0.997. The summed E-state index contributed by atoms with van der Waals surface area (Å²) >= 11 is 0. The second-order valence-corrected chi connectivity index (χ2v) is 5.48. The molecule has 0 saturated heterocycles. The van der Waals surface area contributed by atoms with E-state index in [1.165, 1.54) is 0 Å². The van der Waals surface area contributed by atoms with Gasteiger partial charge in [-0.1, -0.05) is 13.3 Å². The number of nitrogens with one attached hydrogen (secondary N) is 1. The fourth-order valence-electron chi connectivity index (χ4n) is 0.946. The summed E-state index contributed by atoms with van der Waals surface area (Å²) in [6.45, 7) is 2.12. The highest BCUT2D eigenvalue weighted by Crippen LogP contribution is 2.08. The van der Waals surface area contributed by atoms with Crippen LogP contribution in [0.3, 0.4) is 0 Å². The normalized spacial score (nSPS) is 12.0. The number of hydrogen-bond acceptors (Lipinski definition) is 3. The van der Waals surface area contributed by atoms with Crippen molar-refractivity contribution in [3.63, 3.8) is 0 Å². The van der Waals surface area contributed by atoms with Gasteiger partial charge in [-0.25, -0.2) is 0 Å². The SMILES string of the molecule is CCC[Si](NC)(OC)OC. The van der Waals surface area contributed by atoms with Gasteiger partial charge in [-0.15, -0.1) is 0 Å². The van der Waals surface area contributed by atoms with E-state index < -0.39 is 8.72 Å². The molecule has 0 aliphatic heterocycles. The van der Waals surface area contributed by atoms with Gasteiger partial charge in [0.2, 0.25) is 0 Å². The summed E-state index contributed by atoms with van der Waals surface area (Å²) in [4.78, 5) is 3.11. The molecule has 0 unspecified atom stereocenters. The summed E-state index contributed by atoms with van der Waals surface area (Å²) in [5, 5.41) is 0. The van der Waals surface area contributed by atoms with Gasteiger partial charge in [-0.2, -0.15) is 0 Å². The van der Waals surface area contributed by atoms with E-state index in [2.05, 4.69) is 11.9 Å². The largest absolute Gasteiger partial charge is 0.424 e. The highest BCUT2D eigenvalue weighted by Gasteiger charge is 2.32. The summed E-state index contributed by atoms with van der Waals surface area (Å²) in [6, 6.07) is 0.997. The third-order valence-corrected chi connectivity index (χ3v) is 4.86. The molecule has 0 aromatic heterocycles. The Balaban J connectivity index is 3.87. The van der Waals surface area contributed by atoms with E-state index in [0.29, 0.717) is 0 Å². The first-order chi connectivity index (χ1) is 4.74. The van der Waals surface area contributed by atoms with Gasteiger partial charge in [0.05, 0.1) is 0 Å². The van der Waals surface area contributed by atoms with Crippen LogP contribution in [0.5, 0.6) is 0 Å². The van der Waals surface area contributed by atoms with Crippen molar-refractivity contribution < 1.29 is 8.85 Å². The molecule has 0 radical (unpaired) electrons. The minimum atomic E-state index is -1.97. The van der Waals surface area contributed by atoms with Gasteiger partial charge < -0.3 is 8.85 Å². The molecule has 1 N–H and O–H groups in total. The van der Waals surface area contributed by atoms with Crippen LogP contribution in [0.15, 0.2) is 0 Å².